The highest BCUT2D eigenvalue weighted by Crippen LogP contribution is 2.31. The van der Waals surface area contributed by atoms with Crippen LogP contribution in [-0.2, 0) is 13.0 Å². The van der Waals surface area contributed by atoms with E-state index in [0.29, 0.717) is 36.5 Å². The Bertz CT molecular complexity index is 2120. The van der Waals surface area contributed by atoms with Crippen LogP contribution in [0.4, 0.5) is 41.4 Å². The van der Waals surface area contributed by atoms with Crippen molar-refractivity contribution in [2.24, 2.45) is 0 Å². The van der Waals surface area contributed by atoms with Crippen molar-refractivity contribution < 1.29 is 30.1 Å². The fourth-order valence-corrected chi connectivity index (χ4v) is 4.62. The molecule has 0 aliphatic carbocycles. The number of hydrogen-bond acceptors (Lipinski definition) is 18. The Kier molecular flexibility index (Phi) is 10.0. The van der Waals surface area contributed by atoms with Crippen LogP contribution in [0.1, 0.15) is 11.1 Å². The second kappa shape index (κ2) is 15.1. The van der Waals surface area contributed by atoms with E-state index in [-0.39, 0.29) is 58.9 Å². The molecule has 10 N–H and O–H groups in total. The highest BCUT2D eigenvalue weighted by atomic mass is 16.7. The molecule has 0 atom stereocenters. The van der Waals surface area contributed by atoms with Gasteiger partial charge in [-0.15, -0.1) is 15.3 Å². The predicted octanol–water partition coefficient (Wildman–Crippen LogP) is 2.80. The third-order valence-electron chi connectivity index (χ3n) is 7.31. The topological polar surface area (TPSA) is 270 Å². The number of aromatic amines is 3. The SMILES string of the molecule is CN(C)c1n[nH]c(NCCc2ccc(ON(C)c3n[nH]c(NCc4ccc(O)c(ON(C)c5n[nH]c(Nc6ccc(O)c(O)c6)n5)c4)n3)c(O)c2)n1. The number of nitrogens with one attached hydrogen (secondary N) is 6. The van der Waals surface area contributed by atoms with Crippen LogP contribution < -0.4 is 40.7 Å². The number of aromatic hydroxyl groups is 4. The molecule has 3 aromatic carbocycles. The van der Waals surface area contributed by atoms with Crippen molar-refractivity contribution in [2.45, 2.75) is 13.0 Å². The summed E-state index contributed by atoms with van der Waals surface area (Å²) < 4.78 is 0. The van der Waals surface area contributed by atoms with Crippen LogP contribution in [-0.4, -0.2) is 101 Å². The third kappa shape index (κ3) is 8.45. The number of H-pyrrole nitrogens is 3. The van der Waals surface area contributed by atoms with E-state index in [1.165, 1.54) is 28.3 Å². The summed E-state index contributed by atoms with van der Waals surface area (Å²) in [5.41, 5.74) is 2.10. The van der Waals surface area contributed by atoms with E-state index >= 15 is 0 Å². The lowest BCUT2D eigenvalue weighted by atomic mass is 10.1. The lowest BCUT2D eigenvalue weighted by molar-refractivity contribution is 0.281. The Morgan fingerprint density at radius 3 is 1.90 bits per heavy atom. The van der Waals surface area contributed by atoms with Gasteiger partial charge in [0.25, 0.3) is 11.9 Å². The quantitative estimate of drug-likeness (QED) is 0.0392. The Balaban J connectivity index is 0.985. The molecule has 0 spiro atoms. The summed E-state index contributed by atoms with van der Waals surface area (Å²) in [6.45, 7) is 0.862. The second-order valence-electron chi connectivity index (χ2n) is 11.5. The summed E-state index contributed by atoms with van der Waals surface area (Å²) in [6, 6.07) is 14.2. The molecule has 3 heterocycles. The fraction of sp³-hybridized carbons (Fsp3) is 0.226. The first kappa shape index (κ1) is 34.5. The number of phenols is 4. The zero-order valence-electron chi connectivity index (χ0n) is 28.4. The molecule has 6 rings (SSSR count). The second-order valence-corrected chi connectivity index (χ2v) is 11.5. The average molecular weight is 716 g/mol. The van der Waals surface area contributed by atoms with E-state index in [9.17, 15) is 20.4 Å². The number of hydrogen-bond donors (Lipinski definition) is 10. The van der Waals surface area contributed by atoms with Crippen molar-refractivity contribution in [1.29, 1.82) is 0 Å². The van der Waals surface area contributed by atoms with Gasteiger partial charge >= 0.3 is 0 Å². The molecule has 52 heavy (non-hydrogen) atoms. The van der Waals surface area contributed by atoms with Crippen molar-refractivity contribution in [3.63, 3.8) is 0 Å². The number of phenolic OH excluding ortho intramolecular Hbond substituents is 4. The highest BCUT2D eigenvalue weighted by molar-refractivity contribution is 5.59. The number of anilines is 7. The normalized spacial score (nSPS) is 10.8. The molecule has 0 bridgehead atoms. The van der Waals surface area contributed by atoms with Gasteiger partial charge in [0.15, 0.2) is 34.5 Å². The molecule has 0 aliphatic heterocycles. The summed E-state index contributed by atoms with van der Waals surface area (Å²) in [6.07, 6.45) is 0.624. The Morgan fingerprint density at radius 1 is 0.596 bits per heavy atom. The molecule has 272 valence electrons. The highest BCUT2D eigenvalue weighted by Gasteiger charge is 2.16. The van der Waals surface area contributed by atoms with Gasteiger partial charge in [-0.25, -0.2) is 15.3 Å². The predicted molar refractivity (Wildman–Crippen MR) is 190 cm³/mol. The zero-order valence-corrected chi connectivity index (χ0v) is 28.4. The molecule has 0 saturated heterocycles. The van der Waals surface area contributed by atoms with Crippen LogP contribution in [0.15, 0.2) is 54.6 Å². The molecular weight excluding hydrogens is 678 g/mol. The van der Waals surface area contributed by atoms with Gasteiger partial charge in [0.2, 0.25) is 23.8 Å². The van der Waals surface area contributed by atoms with Gasteiger partial charge in [-0.05, 0) is 53.9 Å². The third-order valence-corrected chi connectivity index (χ3v) is 7.31. The largest absolute Gasteiger partial charge is 0.504 e. The average Bonchev–Trinajstić information content (AvgIpc) is 3.90. The standard InChI is InChI=1S/C31H37N15O6/c1-44(2)29-35-26(38-41-29)32-12-11-17-6-10-24(23(50)13-17)51-45(3)30-36-27(39-42-30)33-16-18-5-8-21(48)25(14-18)52-46(4)31-37-28(40-43-31)34-19-7-9-20(47)22(49)15-19/h5-10,13-15,47-50H,11-12,16H2,1-4H3,(H2,32,35,38,41)(H2,33,36,39,42)(H2,34,37,40,43). The number of hydroxylamine groups is 2. The molecule has 3 aromatic heterocycles. The van der Waals surface area contributed by atoms with Crippen molar-refractivity contribution in [2.75, 3.05) is 65.7 Å². The molecular formula is C31H37N15O6. The minimum Gasteiger partial charge on any atom is -0.504 e. The maximum atomic E-state index is 10.6. The van der Waals surface area contributed by atoms with Crippen molar-refractivity contribution in [3.8, 4) is 34.5 Å². The van der Waals surface area contributed by atoms with E-state index in [1.807, 2.05) is 20.2 Å². The van der Waals surface area contributed by atoms with Gasteiger partial charge in [0.1, 0.15) is 0 Å². The van der Waals surface area contributed by atoms with Crippen LogP contribution in [0.25, 0.3) is 0 Å². The fourth-order valence-electron chi connectivity index (χ4n) is 4.62. The van der Waals surface area contributed by atoms with Crippen molar-refractivity contribution in [3.05, 3.63) is 65.7 Å². The summed E-state index contributed by atoms with van der Waals surface area (Å²) >= 11 is 0. The first-order chi connectivity index (χ1) is 25.0. The lowest BCUT2D eigenvalue weighted by Gasteiger charge is -2.17. The van der Waals surface area contributed by atoms with Gasteiger partial charge in [-0.1, -0.05) is 12.1 Å². The van der Waals surface area contributed by atoms with Gasteiger partial charge in [-0.2, -0.15) is 25.1 Å². The van der Waals surface area contributed by atoms with E-state index < -0.39 is 0 Å². The molecule has 21 nitrogen and oxygen atoms in total. The Hall–Kier alpha value is -7.32. The molecule has 0 saturated carbocycles. The molecule has 21 heteroatoms. The Labute approximate surface area is 295 Å². The maximum absolute atomic E-state index is 10.6. The van der Waals surface area contributed by atoms with Crippen LogP contribution in [0.2, 0.25) is 0 Å². The number of rotatable bonds is 16. The molecule has 0 radical (unpaired) electrons. The van der Waals surface area contributed by atoms with E-state index in [4.69, 9.17) is 9.68 Å². The molecule has 0 unspecified atom stereocenters. The van der Waals surface area contributed by atoms with Crippen LogP contribution in [0, 0.1) is 0 Å². The summed E-state index contributed by atoms with van der Waals surface area (Å²) in [4.78, 5) is 26.4. The van der Waals surface area contributed by atoms with Gasteiger partial charge in [0, 0.05) is 53.0 Å². The Morgan fingerprint density at radius 2 is 1.21 bits per heavy atom. The van der Waals surface area contributed by atoms with Crippen LogP contribution >= 0.6 is 0 Å². The molecule has 0 fully saturated rings. The van der Waals surface area contributed by atoms with Gasteiger partial charge in [-0.3, -0.25) is 0 Å². The number of benzene rings is 3. The molecule has 0 aliphatic rings. The smallest absolute Gasteiger partial charge is 0.279 e. The zero-order chi connectivity index (χ0) is 36.8. The summed E-state index contributed by atoms with van der Waals surface area (Å²) in [5.74, 6) is 1.76. The van der Waals surface area contributed by atoms with E-state index in [1.54, 1.807) is 49.3 Å². The number of nitrogens with zero attached hydrogens (tertiary/aromatic N) is 9. The monoisotopic (exact) mass is 715 g/mol. The van der Waals surface area contributed by atoms with Crippen LogP contribution in [0.3, 0.4) is 0 Å². The summed E-state index contributed by atoms with van der Waals surface area (Å²) in [5, 5.41) is 72.7. The minimum atomic E-state index is -0.288. The number of aromatic nitrogens is 9. The van der Waals surface area contributed by atoms with Crippen molar-refractivity contribution >= 4 is 41.4 Å². The van der Waals surface area contributed by atoms with Crippen molar-refractivity contribution in [1.82, 2.24) is 45.5 Å². The van der Waals surface area contributed by atoms with E-state index in [2.05, 4.69) is 61.5 Å². The molecule has 6 aromatic rings. The van der Waals surface area contributed by atoms with Gasteiger partial charge < -0.3 is 51.0 Å². The molecule has 0 amide bonds. The summed E-state index contributed by atoms with van der Waals surface area (Å²) in [7, 11) is 6.88. The van der Waals surface area contributed by atoms with E-state index in [0.717, 1.165) is 11.1 Å². The first-order valence-corrected chi connectivity index (χ1v) is 15.7. The maximum Gasteiger partial charge on any atom is 0.279 e. The lowest BCUT2D eigenvalue weighted by Crippen LogP contribution is -2.23. The van der Waals surface area contributed by atoms with Gasteiger partial charge in [0.05, 0.1) is 0 Å². The van der Waals surface area contributed by atoms with Crippen LogP contribution in [0.5, 0.6) is 34.5 Å². The first-order valence-electron chi connectivity index (χ1n) is 15.7. The minimum absolute atomic E-state index is 0.0424.